The van der Waals surface area contributed by atoms with Crippen LogP contribution in [0.2, 0.25) is 5.02 Å². The lowest BCUT2D eigenvalue weighted by Crippen LogP contribution is -2.47. The van der Waals surface area contributed by atoms with Crippen molar-refractivity contribution in [2.75, 3.05) is 5.75 Å². The Morgan fingerprint density at radius 1 is 1.35 bits per heavy atom. The maximum absolute atomic E-state index is 11.6. The molecule has 2 atom stereocenters. The lowest BCUT2D eigenvalue weighted by atomic mass is 10.2. The fourth-order valence-corrected chi connectivity index (χ4v) is 2.40. The number of rotatable bonds is 7. The number of nitrogens with one attached hydrogen (secondary N) is 1. The van der Waals surface area contributed by atoms with E-state index in [2.05, 4.69) is 5.32 Å². The van der Waals surface area contributed by atoms with E-state index in [9.17, 15) is 14.7 Å². The molecule has 1 amide bonds. The van der Waals surface area contributed by atoms with Crippen LogP contribution in [0.25, 0.3) is 0 Å². The average molecular weight is 318 g/mol. The largest absolute Gasteiger partial charge is 0.480 e. The Morgan fingerprint density at radius 2 is 1.95 bits per heavy atom. The first kappa shape index (κ1) is 16.8. The third-order valence-corrected chi connectivity index (χ3v) is 3.74. The molecule has 1 aromatic carbocycles. The SMILES string of the molecule is CC(O)C(NC(=O)CCSc1ccc(Cl)cc1)C(=O)O. The topological polar surface area (TPSA) is 86.6 Å². The van der Waals surface area contributed by atoms with E-state index in [0.717, 1.165) is 4.90 Å². The summed E-state index contributed by atoms with van der Waals surface area (Å²) in [5.41, 5.74) is 0. The van der Waals surface area contributed by atoms with Crippen molar-refractivity contribution < 1.29 is 19.8 Å². The molecule has 2 unspecified atom stereocenters. The molecule has 0 saturated heterocycles. The van der Waals surface area contributed by atoms with Crippen LogP contribution in [0.3, 0.4) is 0 Å². The van der Waals surface area contributed by atoms with Crippen LogP contribution < -0.4 is 5.32 Å². The Balaban J connectivity index is 2.36. The third-order valence-electron chi connectivity index (χ3n) is 2.48. The van der Waals surface area contributed by atoms with Gasteiger partial charge < -0.3 is 15.5 Å². The maximum atomic E-state index is 11.6. The number of carboxylic acid groups (broad SMARTS) is 1. The zero-order valence-corrected chi connectivity index (χ0v) is 12.4. The summed E-state index contributed by atoms with van der Waals surface area (Å²) in [6, 6.07) is 5.94. The number of hydrogen-bond acceptors (Lipinski definition) is 4. The molecule has 20 heavy (non-hydrogen) atoms. The number of aliphatic carboxylic acids is 1. The quantitative estimate of drug-likeness (QED) is 0.667. The fourth-order valence-electron chi connectivity index (χ4n) is 1.43. The van der Waals surface area contributed by atoms with Crippen molar-refractivity contribution in [1.29, 1.82) is 0 Å². The molecule has 1 rings (SSSR count). The van der Waals surface area contributed by atoms with Crippen molar-refractivity contribution in [3.8, 4) is 0 Å². The van der Waals surface area contributed by atoms with Gasteiger partial charge in [-0.2, -0.15) is 0 Å². The van der Waals surface area contributed by atoms with Crippen LogP contribution in [-0.4, -0.2) is 40.0 Å². The Labute approximate surface area is 126 Å². The maximum Gasteiger partial charge on any atom is 0.328 e. The van der Waals surface area contributed by atoms with Gasteiger partial charge in [-0.1, -0.05) is 11.6 Å². The Morgan fingerprint density at radius 3 is 2.45 bits per heavy atom. The molecule has 0 aliphatic rings. The van der Waals surface area contributed by atoms with Gasteiger partial charge in [-0.05, 0) is 31.2 Å². The van der Waals surface area contributed by atoms with Gasteiger partial charge in [0.15, 0.2) is 6.04 Å². The second-order valence-electron chi connectivity index (χ2n) is 4.18. The second kappa shape index (κ2) is 8.14. The standard InChI is InChI=1S/C13H16ClNO4S/c1-8(16)12(13(18)19)15-11(17)6-7-20-10-4-2-9(14)3-5-10/h2-5,8,12,16H,6-7H2,1H3,(H,15,17)(H,18,19). The average Bonchev–Trinajstić information content (AvgIpc) is 2.37. The van der Waals surface area contributed by atoms with Crippen LogP contribution in [0, 0.1) is 0 Å². The minimum Gasteiger partial charge on any atom is -0.480 e. The fraction of sp³-hybridized carbons (Fsp3) is 0.385. The van der Waals surface area contributed by atoms with E-state index >= 15 is 0 Å². The molecule has 5 nitrogen and oxygen atoms in total. The highest BCUT2D eigenvalue weighted by atomic mass is 35.5. The van der Waals surface area contributed by atoms with Crippen molar-refractivity contribution in [2.45, 2.75) is 30.4 Å². The Kier molecular flexibility index (Phi) is 6.84. The molecule has 1 aromatic rings. The van der Waals surface area contributed by atoms with Crippen LogP contribution in [0.15, 0.2) is 29.2 Å². The summed E-state index contributed by atoms with van der Waals surface area (Å²) in [6.45, 7) is 1.32. The number of carbonyl (C=O) groups excluding carboxylic acids is 1. The summed E-state index contributed by atoms with van der Waals surface area (Å²) >= 11 is 7.23. The molecule has 110 valence electrons. The smallest absolute Gasteiger partial charge is 0.328 e. The highest BCUT2D eigenvalue weighted by Crippen LogP contribution is 2.20. The molecule has 0 aliphatic heterocycles. The van der Waals surface area contributed by atoms with Crippen LogP contribution in [-0.2, 0) is 9.59 Å². The van der Waals surface area contributed by atoms with Crippen LogP contribution in [0.1, 0.15) is 13.3 Å². The summed E-state index contributed by atoms with van der Waals surface area (Å²) in [7, 11) is 0. The number of carbonyl (C=O) groups is 2. The Hall–Kier alpha value is -1.24. The predicted octanol–water partition coefficient (Wildman–Crippen LogP) is 1.77. The normalized spacial score (nSPS) is 13.6. The summed E-state index contributed by atoms with van der Waals surface area (Å²) in [6.07, 6.45) is -0.968. The Bertz CT molecular complexity index is 464. The number of thioether (sulfide) groups is 1. The molecule has 0 aromatic heterocycles. The molecular weight excluding hydrogens is 302 g/mol. The molecule has 0 heterocycles. The van der Waals surface area contributed by atoms with Crippen molar-refractivity contribution in [3.05, 3.63) is 29.3 Å². The molecule has 0 aliphatic carbocycles. The van der Waals surface area contributed by atoms with Gasteiger partial charge in [-0.3, -0.25) is 4.79 Å². The van der Waals surface area contributed by atoms with Gasteiger partial charge in [0.05, 0.1) is 6.10 Å². The van der Waals surface area contributed by atoms with Gasteiger partial charge in [0.25, 0.3) is 0 Å². The minimum atomic E-state index is -1.27. The number of carboxylic acids is 1. The van der Waals surface area contributed by atoms with Gasteiger partial charge in [0.1, 0.15) is 0 Å². The van der Waals surface area contributed by atoms with Gasteiger partial charge >= 0.3 is 5.97 Å². The number of benzene rings is 1. The summed E-state index contributed by atoms with van der Waals surface area (Å²) in [4.78, 5) is 23.4. The molecule has 0 saturated carbocycles. The van der Waals surface area contributed by atoms with E-state index < -0.39 is 24.0 Å². The van der Waals surface area contributed by atoms with Crippen molar-refractivity contribution >= 4 is 35.2 Å². The zero-order valence-electron chi connectivity index (χ0n) is 10.9. The highest BCUT2D eigenvalue weighted by molar-refractivity contribution is 7.99. The lowest BCUT2D eigenvalue weighted by molar-refractivity contribution is -0.144. The van der Waals surface area contributed by atoms with E-state index in [0.29, 0.717) is 10.8 Å². The summed E-state index contributed by atoms with van der Waals surface area (Å²) in [5.74, 6) is -1.14. The lowest BCUT2D eigenvalue weighted by Gasteiger charge is -2.16. The van der Waals surface area contributed by atoms with E-state index in [1.54, 1.807) is 12.1 Å². The number of halogens is 1. The molecule has 0 radical (unpaired) electrons. The van der Waals surface area contributed by atoms with Crippen LogP contribution in [0.4, 0.5) is 0 Å². The number of hydrogen-bond donors (Lipinski definition) is 3. The summed E-state index contributed by atoms with van der Waals surface area (Å²) < 4.78 is 0. The van der Waals surface area contributed by atoms with E-state index in [1.165, 1.54) is 18.7 Å². The number of aliphatic hydroxyl groups excluding tert-OH is 1. The van der Waals surface area contributed by atoms with Crippen molar-refractivity contribution in [1.82, 2.24) is 5.32 Å². The predicted molar refractivity (Wildman–Crippen MR) is 78.0 cm³/mol. The summed E-state index contributed by atoms with van der Waals surface area (Å²) in [5, 5.41) is 21.0. The van der Waals surface area contributed by atoms with Gasteiger partial charge in [0.2, 0.25) is 5.91 Å². The van der Waals surface area contributed by atoms with E-state index in [4.69, 9.17) is 16.7 Å². The van der Waals surface area contributed by atoms with E-state index in [1.807, 2.05) is 12.1 Å². The monoisotopic (exact) mass is 317 g/mol. The molecule has 3 N–H and O–H groups in total. The van der Waals surface area contributed by atoms with Crippen molar-refractivity contribution in [2.24, 2.45) is 0 Å². The first-order chi connectivity index (χ1) is 9.40. The van der Waals surface area contributed by atoms with Gasteiger partial charge in [-0.25, -0.2) is 4.79 Å². The minimum absolute atomic E-state index is 0.170. The molecule has 0 fully saturated rings. The van der Waals surface area contributed by atoms with Crippen LogP contribution in [0.5, 0.6) is 0 Å². The molecular formula is C13H16ClNO4S. The zero-order chi connectivity index (χ0) is 15.1. The third kappa shape index (κ3) is 5.81. The van der Waals surface area contributed by atoms with Gasteiger partial charge in [-0.15, -0.1) is 11.8 Å². The molecule has 0 bridgehead atoms. The van der Waals surface area contributed by atoms with Crippen LogP contribution >= 0.6 is 23.4 Å². The first-order valence-electron chi connectivity index (χ1n) is 5.98. The molecule has 7 heteroatoms. The second-order valence-corrected chi connectivity index (χ2v) is 5.78. The van der Waals surface area contributed by atoms with Crippen molar-refractivity contribution in [3.63, 3.8) is 0 Å². The first-order valence-corrected chi connectivity index (χ1v) is 7.35. The number of aliphatic hydroxyl groups is 1. The molecule has 0 spiro atoms. The van der Waals surface area contributed by atoms with Gasteiger partial charge in [0, 0.05) is 22.1 Å². The van der Waals surface area contributed by atoms with E-state index in [-0.39, 0.29) is 6.42 Å². The number of amides is 1. The highest BCUT2D eigenvalue weighted by Gasteiger charge is 2.24.